The molecule has 0 aliphatic carbocycles. The van der Waals surface area contributed by atoms with Crippen molar-refractivity contribution in [3.63, 3.8) is 0 Å². The number of nitrogens with zero attached hydrogens (tertiary/aromatic N) is 2. The van der Waals surface area contributed by atoms with Crippen LogP contribution in [0.1, 0.15) is 52.5 Å². The van der Waals surface area contributed by atoms with Gasteiger partial charge in [0.05, 0.1) is 11.4 Å². The largest absolute Gasteiger partial charge is 0.368 e. The molecule has 5 rings (SSSR count). The van der Waals surface area contributed by atoms with Crippen molar-refractivity contribution < 1.29 is 22.0 Å². The van der Waals surface area contributed by atoms with Crippen LogP contribution in [0.15, 0.2) is 78.9 Å². The summed E-state index contributed by atoms with van der Waals surface area (Å²) in [5.74, 6) is -0.425. The van der Waals surface area contributed by atoms with Crippen LogP contribution >= 0.6 is 0 Å². The molecule has 2 aliphatic heterocycles. The molecule has 0 spiro atoms. The van der Waals surface area contributed by atoms with Crippen LogP contribution in [-0.4, -0.2) is 74.0 Å². The lowest BCUT2D eigenvalue weighted by Crippen LogP contribution is -2.46. The summed E-state index contributed by atoms with van der Waals surface area (Å²) >= 11 is 0. The topological polar surface area (TPSA) is 149 Å². The van der Waals surface area contributed by atoms with Crippen molar-refractivity contribution in [1.29, 1.82) is 0 Å². The van der Waals surface area contributed by atoms with E-state index in [0.29, 0.717) is 56.7 Å². The van der Waals surface area contributed by atoms with Gasteiger partial charge in [-0.25, -0.2) is 4.79 Å². The number of aryl methyl sites for hydroxylation is 2. The second kappa shape index (κ2) is 18.0. The van der Waals surface area contributed by atoms with Gasteiger partial charge in [-0.3, -0.25) is 14.4 Å². The molecule has 6 N–H and O–H groups in total. The fraction of sp³-hybridized carbons (Fsp3) is 0.421. The highest BCUT2D eigenvalue weighted by molar-refractivity contribution is 5.98. The molecule has 0 bridgehead atoms. The summed E-state index contributed by atoms with van der Waals surface area (Å²) in [5.41, 5.74) is 9.72. The van der Waals surface area contributed by atoms with Gasteiger partial charge in [0.1, 0.15) is 6.04 Å². The Morgan fingerprint density at radius 2 is 1.53 bits per heavy atom. The second-order valence-corrected chi connectivity index (χ2v) is 12.9. The summed E-state index contributed by atoms with van der Waals surface area (Å²) in [6.07, 6.45) is 5.32. The Balaban J connectivity index is 0.00000351. The van der Waals surface area contributed by atoms with E-state index >= 15 is 0 Å². The second-order valence-electron chi connectivity index (χ2n) is 12.9. The number of urea groups is 1. The number of piperidine rings is 1. The summed E-state index contributed by atoms with van der Waals surface area (Å²) < 4.78 is 0. The first-order valence-corrected chi connectivity index (χ1v) is 17.5. The molecule has 264 valence electrons. The maximum atomic E-state index is 13.3. The Bertz CT molecular complexity index is 1560. The summed E-state index contributed by atoms with van der Waals surface area (Å²) in [6.45, 7) is 4.41. The van der Waals surface area contributed by atoms with Crippen LogP contribution in [0, 0.1) is 5.92 Å². The first-order chi connectivity index (χ1) is 23.9. The number of carbonyl (C=O) groups excluding carboxylic acids is 4. The lowest BCUT2D eigenvalue weighted by atomic mass is 9.96. The fourth-order valence-corrected chi connectivity index (χ4v) is 6.57. The number of rotatable bonds is 13. The molecular weight excluding hydrogens is 618 g/mol. The molecule has 0 saturated carbocycles. The number of benzene rings is 3. The van der Waals surface area contributed by atoms with Gasteiger partial charge >= 0.3 is 6.03 Å². The lowest BCUT2D eigenvalue weighted by Gasteiger charge is -2.29. The molecule has 1 atom stereocenters. The highest BCUT2D eigenvalue weighted by Crippen LogP contribution is 2.31. The van der Waals surface area contributed by atoms with Crippen molar-refractivity contribution in [3.8, 4) is 0 Å². The average Bonchev–Trinajstić information content (AvgIpc) is 3.37. The fourth-order valence-electron chi connectivity index (χ4n) is 6.57. The van der Waals surface area contributed by atoms with Crippen molar-refractivity contribution in [1.82, 2.24) is 15.5 Å². The van der Waals surface area contributed by atoms with Gasteiger partial charge in [-0.2, -0.15) is 0 Å². The normalized spacial score (nSPS) is 15.9. The number of anilines is 3. The molecule has 0 aromatic heterocycles. The quantitative estimate of drug-likeness (QED) is 0.177. The number of nitrogens with one attached hydrogen (secondary N) is 4. The monoisotopic (exact) mass is 671 g/mol. The van der Waals surface area contributed by atoms with E-state index in [0.717, 1.165) is 56.6 Å². The molecule has 1 unspecified atom stereocenters. The maximum absolute atomic E-state index is 13.3. The van der Waals surface area contributed by atoms with Gasteiger partial charge in [0, 0.05) is 47.1 Å². The third-order valence-corrected chi connectivity index (χ3v) is 9.29. The predicted molar refractivity (Wildman–Crippen MR) is 198 cm³/mol. The number of nitrogens with two attached hydrogens (primary N) is 1. The number of hydrogen-bond acceptors (Lipinski definition) is 6. The van der Waals surface area contributed by atoms with E-state index in [1.165, 1.54) is 5.56 Å². The van der Waals surface area contributed by atoms with Gasteiger partial charge in [0.2, 0.25) is 17.7 Å². The molecule has 2 heterocycles. The molecule has 49 heavy (non-hydrogen) atoms. The van der Waals surface area contributed by atoms with Crippen molar-refractivity contribution in [3.05, 3.63) is 90.0 Å². The average molecular weight is 672 g/mol. The molecule has 11 nitrogen and oxygen atoms in total. The minimum absolute atomic E-state index is 0. The van der Waals surface area contributed by atoms with E-state index in [1.54, 1.807) is 12.1 Å². The van der Waals surface area contributed by atoms with Crippen LogP contribution < -0.4 is 31.9 Å². The smallest absolute Gasteiger partial charge is 0.319 e. The zero-order valence-corrected chi connectivity index (χ0v) is 28.2. The summed E-state index contributed by atoms with van der Waals surface area (Å²) in [4.78, 5) is 55.9. The van der Waals surface area contributed by atoms with Gasteiger partial charge < -0.3 is 36.8 Å². The van der Waals surface area contributed by atoms with Gasteiger partial charge in [0.15, 0.2) is 0 Å². The molecular formula is C38H53N7O4. The Morgan fingerprint density at radius 3 is 2.22 bits per heavy atom. The SMILES string of the molecule is NC(=O)C(CCc1ccccc1)NC(=O)Nc1ccc(N2CCCN(C(=O)C3CCNCC3)CC2)c(NC(=O)CCCc2ccccc2)c1.[HH].[HH]. The van der Waals surface area contributed by atoms with Crippen LogP contribution in [0.3, 0.4) is 0 Å². The van der Waals surface area contributed by atoms with Crippen LogP contribution in [0.5, 0.6) is 0 Å². The van der Waals surface area contributed by atoms with Crippen LogP contribution in [0.4, 0.5) is 21.9 Å². The Labute approximate surface area is 292 Å². The van der Waals surface area contributed by atoms with E-state index in [1.807, 2.05) is 59.5 Å². The zero-order chi connectivity index (χ0) is 34.4. The van der Waals surface area contributed by atoms with E-state index in [9.17, 15) is 19.2 Å². The van der Waals surface area contributed by atoms with Gasteiger partial charge in [0.25, 0.3) is 0 Å². The molecule has 3 aromatic carbocycles. The number of amides is 5. The summed E-state index contributed by atoms with van der Waals surface area (Å²) in [7, 11) is 0. The summed E-state index contributed by atoms with van der Waals surface area (Å²) in [5, 5.41) is 12.0. The first kappa shape index (κ1) is 35.4. The lowest BCUT2D eigenvalue weighted by molar-refractivity contribution is -0.136. The molecule has 5 amide bonds. The highest BCUT2D eigenvalue weighted by atomic mass is 16.2. The summed E-state index contributed by atoms with van der Waals surface area (Å²) in [6, 6.07) is 23.8. The molecule has 0 radical (unpaired) electrons. The number of carbonyl (C=O) groups is 4. The standard InChI is InChI=1S/C38H49N7O4.2H2/c39-36(47)32(17-15-29-11-5-2-6-12-29)43-38(49)41-31-16-18-34(33(27-31)42-35(46)14-7-13-28-9-3-1-4-10-28)44-23-8-24-45(26-25-44)37(48)30-19-21-40-22-20-30;;/h1-6,9-12,16,18,27,30,32,40H,7-8,13-15,17,19-26H2,(H2,39,47)(H,42,46)(H2,41,43,49);2*1H. The van der Waals surface area contributed by atoms with Crippen molar-refractivity contribution >= 4 is 40.8 Å². The van der Waals surface area contributed by atoms with Crippen LogP contribution in [0.25, 0.3) is 0 Å². The van der Waals surface area contributed by atoms with Crippen LogP contribution in [0.2, 0.25) is 0 Å². The Hall–Kier alpha value is -4.90. The molecule has 2 fully saturated rings. The molecule has 3 aromatic rings. The third-order valence-electron chi connectivity index (χ3n) is 9.29. The van der Waals surface area contributed by atoms with E-state index in [-0.39, 0.29) is 20.6 Å². The predicted octanol–water partition coefficient (Wildman–Crippen LogP) is 4.79. The Morgan fingerprint density at radius 1 is 0.837 bits per heavy atom. The first-order valence-electron chi connectivity index (χ1n) is 17.5. The maximum Gasteiger partial charge on any atom is 0.319 e. The van der Waals surface area contributed by atoms with E-state index in [4.69, 9.17) is 5.73 Å². The minimum Gasteiger partial charge on any atom is -0.368 e. The number of primary amides is 1. The van der Waals surface area contributed by atoms with Crippen molar-refractivity contribution in [2.45, 2.75) is 57.4 Å². The van der Waals surface area contributed by atoms with Gasteiger partial charge in [-0.05, 0) is 87.4 Å². The highest BCUT2D eigenvalue weighted by Gasteiger charge is 2.28. The third kappa shape index (κ3) is 10.8. The molecule has 2 aliphatic rings. The zero-order valence-electron chi connectivity index (χ0n) is 28.2. The van der Waals surface area contributed by atoms with E-state index in [2.05, 4.69) is 38.3 Å². The van der Waals surface area contributed by atoms with Crippen molar-refractivity contribution in [2.24, 2.45) is 11.7 Å². The van der Waals surface area contributed by atoms with E-state index < -0.39 is 18.0 Å². The van der Waals surface area contributed by atoms with Crippen LogP contribution in [-0.2, 0) is 27.2 Å². The number of hydrogen-bond donors (Lipinski definition) is 5. The van der Waals surface area contributed by atoms with Gasteiger partial charge in [-0.1, -0.05) is 60.7 Å². The molecule has 2 saturated heterocycles. The van der Waals surface area contributed by atoms with Crippen molar-refractivity contribution in [2.75, 3.05) is 54.8 Å². The molecule has 11 heteroatoms. The Kier molecular flexibility index (Phi) is 13.0. The van der Waals surface area contributed by atoms with Gasteiger partial charge in [-0.15, -0.1) is 0 Å². The minimum atomic E-state index is -0.851.